The Hall–Kier alpha value is -1.57. The summed E-state index contributed by atoms with van der Waals surface area (Å²) >= 11 is 0. The van der Waals surface area contributed by atoms with E-state index in [1.54, 1.807) is 6.20 Å². The number of nitrogens with zero attached hydrogens (tertiary/aromatic N) is 3. The number of benzene rings is 1. The van der Waals surface area contributed by atoms with Crippen molar-refractivity contribution >= 4 is 29.9 Å². The molecular weight excluding hydrogens is 377 g/mol. The maximum absolute atomic E-state index is 4.57. The van der Waals surface area contributed by atoms with E-state index in [1.807, 2.05) is 35.3 Å². The molecule has 0 spiro atoms. The molecule has 0 radical (unpaired) electrons. The second kappa shape index (κ2) is 10.2. The van der Waals surface area contributed by atoms with Crippen LogP contribution in [0.15, 0.2) is 54.0 Å². The zero-order valence-corrected chi connectivity index (χ0v) is 14.5. The molecule has 2 rings (SSSR count). The Morgan fingerprint density at radius 2 is 2.05 bits per heavy atom. The summed E-state index contributed by atoms with van der Waals surface area (Å²) < 4.78 is 2.04. The molecule has 0 unspecified atom stereocenters. The maximum Gasteiger partial charge on any atom is 0.191 e. The summed E-state index contributed by atoms with van der Waals surface area (Å²) in [7, 11) is 0. The van der Waals surface area contributed by atoms with Crippen molar-refractivity contribution in [1.29, 1.82) is 0 Å². The molecule has 0 aliphatic rings. The third-order valence-electron chi connectivity index (χ3n) is 2.83. The van der Waals surface area contributed by atoms with Gasteiger partial charge in [0, 0.05) is 32.0 Å². The topological polar surface area (TPSA) is 54.2 Å². The lowest BCUT2D eigenvalue weighted by molar-refractivity contribution is 0.662. The SMILES string of the molecule is CCNC(=NCc1ccccc1)NCCn1ccnc1.I. The lowest BCUT2D eigenvalue weighted by Crippen LogP contribution is -2.38. The van der Waals surface area contributed by atoms with Crippen LogP contribution < -0.4 is 10.6 Å². The molecule has 0 atom stereocenters. The van der Waals surface area contributed by atoms with E-state index in [-0.39, 0.29) is 24.0 Å². The Bertz CT molecular complexity index is 510. The van der Waals surface area contributed by atoms with Gasteiger partial charge in [-0.1, -0.05) is 30.3 Å². The highest BCUT2D eigenvalue weighted by Gasteiger charge is 1.97. The van der Waals surface area contributed by atoms with Crippen molar-refractivity contribution in [2.45, 2.75) is 20.0 Å². The summed E-state index contributed by atoms with van der Waals surface area (Å²) in [6.45, 7) is 5.29. The van der Waals surface area contributed by atoms with E-state index in [9.17, 15) is 0 Å². The lowest BCUT2D eigenvalue weighted by atomic mass is 10.2. The summed E-state index contributed by atoms with van der Waals surface area (Å²) in [4.78, 5) is 8.59. The summed E-state index contributed by atoms with van der Waals surface area (Å²) in [5, 5.41) is 6.57. The van der Waals surface area contributed by atoms with Crippen LogP contribution >= 0.6 is 24.0 Å². The fourth-order valence-corrected chi connectivity index (χ4v) is 1.82. The van der Waals surface area contributed by atoms with Crippen LogP contribution in [0.3, 0.4) is 0 Å². The third-order valence-corrected chi connectivity index (χ3v) is 2.83. The van der Waals surface area contributed by atoms with Crippen LogP contribution in [-0.4, -0.2) is 28.6 Å². The van der Waals surface area contributed by atoms with Gasteiger partial charge in [0.1, 0.15) is 0 Å². The summed E-state index contributed by atoms with van der Waals surface area (Å²) in [6, 6.07) is 10.2. The van der Waals surface area contributed by atoms with Crippen molar-refractivity contribution in [2.24, 2.45) is 4.99 Å². The minimum Gasteiger partial charge on any atom is -0.357 e. The zero-order chi connectivity index (χ0) is 14.0. The van der Waals surface area contributed by atoms with Crippen LogP contribution in [0.1, 0.15) is 12.5 Å². The Kier molecular flexibility index (Phi) is 8.49. The first-order chi connectivity index (χ1) is 9.88. The van der Waals surface area contributed by atoms with Crippen LogP contribution in [0, 0.1) is 0 Å². The van der Waals surface area contributed by atoms with Gasteiger partial charge in [-0.3, -0.25) is 0 Å². The highest BCUT2D eigenvalue weighted by Crippen LogP contribution is 1.99. The molecule has 0 saturated heterocycles. The molecule has 0 aliphatic carbocycles. The summed E-state index contributed by atoms with van der Waals surface area (Å²) in [5.41, 5.74) is 1.21. The van der Waals surface area contributed by atoms with Crippen molar-refractivity contribution < 1.29 is 0 Å². The number of rotatable bonds is 6. The molecule has 2 aromatic rings. The minimum absolute atomic E-state index is 0. The highest BCUT2D eigenvalue weighted by molar-refractivity contribution is 14.0. The first-order valence-electron chi connectivity index (χ1n) is 6.90. The predicted molar refractivity (Wildman–Crippen MR) is 96.9 cm³/mol. The molecule has 1 aromatic carbocycles. The van der Waals surface area contributed by atoms with Gasteiger partial charge in [0.15, 0.2) is 5.96 Å². The molecule has 0 saturated carbocycles. The van der Waals surface area contributed by atoms with Crippen LogP contribution in [0.2, 0.25) is 0 Å². The number of aromatic nitrogens is 2. The Morgan fingerprint density at radius 3 is 2.71 bits per heavy atom. The molecule has 0 bridgehead atoms. The Labute approximate surface area is 142 Å². The van der Waals surface area contributed by atoms with Gasteiger partial charge in [-0.25, -0.2) is 9.98 Å². The van der Waals surface area contributed by atoms with E-state index in [0.717, 1.165) is 25.6 Å². The molecule has 1 aromatic heterocycles. The molecular formula is C15H22IN5. The fourth-order valence-electron chi connectivity index (χ4n) is 1.82. The van der Waals surface area contributed by atoms with Gasteiger partial charge in [-0.05, 0) is 12.5 Å². The minimum atomic E-state index is 0. The summed E-state index contributed by atoms with van der Waals surface area (Å²) in [6.07, 6.45) is 5.56. The number of guanidine groups is 1. The van der Waals surface area contributed by atoms with Gasteiger partial charge in [-0.15, -0.1) is 24.0 Å². The molecule has 5 nitrogen and oxygen atoms in total. The van der Waals surface area contributed by atoms with Crippen molar-refractivity contribution in [3.05, 3.63) is 54.6 Å². The standard InChI is InChI=1S/C15H21N5.HI/c1-2-17-15(18-9-11-20-10-8-16-13-20)19-12-14-6-4-3-5-7-14;/h3-8,10,13H,2,9,11-12H2,1H3,(H2,17,18,19);1H. The van der Waals surface area contributed by atoms with E-state index >= 15 is 0 Å². The molecule has 21 heavy (non-hydrogen) atoms. The fraction of sp³-hybridized carbons (Fsp3) is 0.333. The Morgan fingerprint density at radius 1 is 1.24 bits per heavy atom. The predicted octanol–water partition coefficient (Wildman–Crippen LogP) is 2.26. The quantitative estimate of drug-likeness (QED) is 0.445. The van der Waals surface area contributed by atoms with Crippen molar-refractivity contribution in [3.63, 3.8) is 0 Å². The number of aliphatic imine (C=N–C) groups is 1. The second-order valence-corrected chi connectivity index (χ2v) is 4.41. The van der Waals surface area contributed by atoms with Crippen LogP contribution in [-0.2, 0) is 13.1 Å². The molecule has 114 valence electrons. The monoisotopic (exact) mass is 399 g/mol. The largest absolute Gasteiger partial charge is 0.357 e. The smallest absolute Gasteiger partial charge is 0.191 e. The van der Waals surface area contributed by atoms with Gasteiger partial charge in [0.2, 0.25) is 0 Å². The van der Waals surface area contributed by atoms with Gasteiger partial charge >= 0.3 is 0 Å². The number of hydrogen-bond acceptors (Lipinski definition) is 2. The van der Waals surface area contributed by atoms with Gasteiger partial charge < -0.3 is 15.2 Å². The van der Waals surface area contributed by atoms with Crippen LogP contribution in [0.4, 0.5) is 0 Å². The Balaban J connectivity index is 0.00000220. The number of halogens is 1. The molecule has 2 N–H and O–H groups in total. The number of hydrogen-bond donors (Lipinski definition) is 2. The molecule has 1 heterocycles. The highest BCUT2D eigenvalue weighted by atomic mass is 127. The number of imidazole rings is 1. The molecule has 6 heteroatoms. The average Bonchev–Trinajstić information content (AvgIpc) is 2.99. The van der Waals surface area contributed by atoms with Gasteiger partial charge in [0.05, 0.1) is 12.9 Å². The normalized spacial score (nSPS) is 10.8. The van der Waals surface area contributed by atoms with Gasteiger partial charge in [0.25, 0.3) is 0 Å². The zero-order valence-electron chi connectivity index (χ0n) is 12.2. The first-order valence-corrected chi connectivity index (χ1v) is 6.90. The van der Waals surface area contributed by atoms with E-state index in [4.69, 9.17) is 0 Å². The van der Waals surface area contributed by atoms with E-state index < -0.39 is 0 Å². The van der Waals surface area contributed by atoms with Gasteiger partial charge in [-0.2, -0.15) is 0 Å². The van der Waals surface area contributed by atoms with Crippen LogP contribution in [0.25, 0.3) is 0 Å². The van der Waals surface area contributed by atoms with E-state index in [1.165, 1.54) is 5.56 Å². The molecule has 0 fully saturated rings. The average molecular weight is 399 g/mol. The second-order valence-electron chi connectivity index (χ2n) is 4.41. The van der Waals surface area contributed by atoms with Crippen molar-refractivity contribution in [1.82, 2.24) is 20.2 Å². The molecule has 0 amide bonds. The molecule has 0 aliphatic heterocycles. The van der Waals surface area contributed by atoms with E-state index in [0.29, 0.717) is 6.54 Å². The maximum atomic E-state index is 4.57. The lowest BCUT2D eigenvalue weighted by Gasteiger charge is -2.11. The first kappa shape index (κ1) is 17.5. The summed E-state index contributed by atoms with van der Waals surface area (Å²) in [5.74, 6) is 0.844. The van der Waals surface area contributed by atoms with Crippen LogP contribution in [0.5, 0.6) is 0 Å². The van der Waals surface area contributed by atoms with Crippen molar-refractivity contribution in [3.8, 4) is 0 Å². The van der Waals surface area contributed by atoms with E-state index in [2.05, 4.69) is 39.7 Å². The van der Waals surface area contributed by atoms with Crippen molar-refractivity contribution in [2.75, 3.05) is 13.1 Å². The third kappa shape index (κ3) is 6.61. The number of nitrogens with one attached hydrogen (secondary N) is 2.